The molecule has 9 nitrogen and oxygen atoms in total. The smallest absolute Gasteiger partial charge is 0.225 e. The second-order valence-electron chi connectivity index (χ2n) is 8.07. The number of nitrogens with two attached hydrogens (primary N) is 1. The molecule has 170 valence electrons. The van der Waals surface area contributed by atoms with Crippen molar-refractivity contribution in [1.29, 1.82) is 0 Å². The van der Waals surface area contributed by atoms with Crippen LogP contribution in [0.1, 0.15) is 38.6 Å². The molecule has 1 aliphatic rings. The highest BCUT2D eigenvalue weighted by Gasteiger charge is 2.29. The van der Waals surface area contributed by atoms with Gasteiger partial charge in [0.1, 0.15) is 5.52 Å². The standard InChI is InChI=1S/C21H25ClFN7O2/c1-11(10-31)26-20-25-9-16-19(29-20)30(13-7-5-12(6-8-13)18(24)32)21(28-16)27-15-4-2-3-14(22)17(15)23/h2-4,9,11-13,31H,5-8,10H2,1H3,(H2,24,32)(H,27,28)(H,25,26,29)/t11-,12-,13+/m0/s1. The third-order valence-electron chi connectivity index (χ3n) is 5.74. The first-order valence-electron chi connectivity index (χ1n) is 10.5. The first kappa shape index (κ1) is 22.2. The maximum atomic E-state index is 14.6. The van der Waals surface area contributed by atoms with Crippen LogP contribution < -0.4 is 16.4 Å². The Bertz CT molecular complexity index is 1130. The highest BCUT2D eigenvalue weighted by molar-refractivity contribution is 6.31. The number of primary amides is 1. The number of imidazole rings is 1. The quantitative estimate of drug-likeness (QED) is 0.424. The Kier molecular flexibility index (Phi) is 6.43. The number of halogens is 2. The predicted molar refractivity (Wildman–Crippen MR) is 120 cm³/mol. The number of rotatable bonds is 7. The maximum Gasteiger partial charge on any atom is 0.225 e. The number of carbonyl (C=O) groups is 1. The second-order valence-corrected chi connectivity index (χ2v) is 8.48. The molecule has 2 aromatic heterocycles. The van der Waals surface area contributed by atoms with Crippen LogP contribution in [-0.4, -0.2) is 43.2 Å². The second kappa shape index (κ2) is 9.25. The van der Waals surface area contributed by atoms with Gasteiger partial charge in [-0.3, -0.25) is 9.36 Å². The first-order chi connectivity index (χ1) is 15.4. The summed E-state index contributed by atoms with van der Waals surface area (Å²) in [5, 5.41) is 15.4. The Morgan fingerprint density at radius 2 is 2.09 bits per heavy atom. The number of hydrogen-bond acceptors (Lipinski definition) is 7. The largest absolute Gasteiger partial charge is 0.394 e. The molecule has 1 aromatic carbocycles. The molecule has 1 saturated carbocycles. The van der Waals surface area contributed by atoms with E-state index in [0.717, 1.165) is 0 Å². The van der Waals surface area contributed by atoms with Crippen molar-refractivity contribution in [2.75, 3.05) is 17.2 Å². The molecule has 4 rings (SSSR count). The summed E-state index contributed by atoms with van der Waals surface area (Å²) in [5.41, 5.74) is 6.79. The molecule has 11 heteroatoms. The molecule has 1 aliphatic carbocycles. The van der Waals surface area contributed by atoms with Crippen LogP contribution in [-0.2, 0) is 4.79 Å². The summed E-state index contributed by atoms with van der Waals surface area (Å²) in [6, 6.07) is 4.46. The number of anilines is 3. The van der Waals surface area contributed by atoms with Gasteiger partial charge in [0.05, 0.1) is 23.5 Å². The van der Waals surface area contributed by atoms with Crippen molar-refractivity contribution in [3.05, 3.63) is 35.2 Å². The van der Waals surface area contributed by atoms with Crippen LogP contribution in [0.25, 0.3) is 11.2 Å². The van der Waals surface area contributed by atoms with Crippen LogP contribution in [0.4, 0.5) is 22.0 Å². The summed E-state index contributed by atoms with van der Waals surface area (Å²) in [4.78, 5) is 25.1. The van der Waals surface area contributed by atoms with E-state index in [2.05, 4.69) is 25.6 Å². The summed E-state index contributed by atoms with van der Waals surface area (Å²) < 4.78 is 16.5. The van der Waals surface area contributed by atoms with Gasteiger partial charge in [-0.15, -0.1) is 0 Å². The van der Waals surface area contributed by atoms with Crippen molar-refractivity contribution >= 4 is 46.3 Å². The third-order valence-corrected chi connectivity index (χ3v) is 6.04. The number of aromatic nitrogens is 4. The van der Waals surface area contributed by atoms with Crippen LogP contribution >= 0.6 is 11.6 Å². The average Bonchev–Trinajstić information content (AvgIpc) is 3.14. The Morgan fingerprint density at radius 1 is 1.34 bits per heavy atom. The molecule has 0 saturated heterocycles. The molecule has 0 unspecified atom stereocenters. The van der Waals surface area contributed by atoms with Gasteiger partial charge in [-0.05, 0) is 44.7 Å². The molecule has 0 radical (unpaired) electrons. The van der Waals surface area contributed by atoms with Gasteiger partial charge in [0.2, 0.25) is 17.8 Å². The molecule has 3 aromatic rings. The number of amides is 1. The zero-order valence-corrected chi connectivity index (χ0v) is 18.3. The molecule has 0 bridgehead atoms. The van der Waals surface area contributed by atoms with Crippen LogP contribution in [0.5, 0.6) is 0 Å². The summed E-state index contributed by atoms with van der Waals surface area (Å²) in [7, 11) is 0. The topological polar surface area (TPSA) is 131 Å². The number of aliphatic hydroxyl groups is 1. The van der Waals surface area contributed by atoms with Gasteiger partial charge in [-0.2, -0.15) is 4.98 Å². The number of hydrogen-bond donors (Lipinski definition) is 4. The van der Waals surface area contributed by atoms with Crippen LogP contribution in [0, 0.1) is 11.7 Å². The number of carbonyl (C=O) groups excluding carboxylic acids is 1. The molecule has 1 fully saturated rings. The monoisotopic (exact) mass is 461 g/mol. The van der Waals surface area contributed by atoms with Crippen molar-refractivity contribution in [3.63, 3.8) is 0 Å². The number of nitrogens with zero attached hydrogens (tertiary/aromatic N) is 4. The summed E-state index contributed by atoms with van der Waals surface area (Å²) >= 11 is 5.94. The molecule has 0 spiro atoms. The lowest BCUT2D eigenvalue weighted by atomic mass is 9.85. The van der Waals surface area contributed by atoms with E-state index >= 15 is 0 Å². The Hall–Kier alpha value is -2.98. The van der Waals surface area contributed by atoms with E-state index in [-0.39, 0.29) is 41.2 Å². The summed E-state index contributed by atoms with van der Waals surface area (Å²) in [6.45, 7) is 1.74. The Morgan fingerprint density at radius 3 is 2.78 bits per heavy atom. The van der Waals surface area contributed by atoms with Crippen molar-refractivity contribution < 1.29 is 14.3 Å². The van der Waals surface area contributed by atoms with Crippen LogP contribution in [0.2, 0.25) is 5.02 Å². The van der Waals surface area contributed by atoms with Gasteiger partial charge in [0, 0.05) is 18.0 Å². The lowest BCUT2D eigenvalue weighted by Gasteiger charge is -2.29. The molecule has 2 heterocycles. The van der Waals surface area contributed by atoms with Crippen LogP contribution in [0.15, 0.2) is 24.4 Å². The number of fused-ring (bicyclic) bond motifs is 1. The lowest BCUT2D eigenvalue weighted by molar-refractivity contribution is -0.122. The number of benzene rings is 1. The van der Waals surface area contributed by atoms with Crippen LogP contribution in [0.3, 0.4) is 0 Å². The van der Waals surface area contributed by atoms with Gasteiger partial charge in [0.15, 0.2) is 11.5 Å². The number of aliphatic hydroxyl groups excluding tert-OH is 1. The number of nitrogens with one attached hydrogen (secondary N) is 2. The average molecular weight is 462 g/mol. The molecule has 5 N–H and O–H groups in total. The van der Waals surface area contributed by atoms with E-state index in [1.165, 1.54) is 6.07 Å². The highest BCUT2D eigenvalue weighted by Crippen LogP contribution is 2.37. The predicted octanol–water partition coefficient (Wildman–Crippen LogP) is 3.37. The minimum Gasteiger partial charge on any atom is -0.394 e. The van der Waals surface area contributed by atoms with Gasteiger partial charge >= 0.3 is 0 Å². The zero-order valence-electron chi connectivity index (χ0n) is 17.6. The van der Waals surface area contributed by atoms with E-state index in [1.54, 1.807) is 18.3 Å². The van der Waals surface area contributed by atoms with Gasteiger partial charge in [0.25, 0.3) is 0 Å². The Labute approximate surface area is 189 Å². The Balaban J connectivity index is 1.75. The van der Waals surface area contributed by atoms with Gasteiger partial charge < -0.3 is 21.5 Å². The van der Waals surface area contributed by atoms with E-state index in [1.807, 2.05) is 11.5 Å². The van der Waals surface area contributed by atoms with Gasteiger partial charge in [-0.1, -0.05) is 17.7 Å². The molecular formula is C21H25ClFN7O2. The van der Waals surface area contributed by atoms with Crippen molar-refractivity contribution in [2.24, 2.45) is 11.7 Å². The summed E-state index contributed by atoms with van der Waals surface area (Å²) in [5.74, 6) is -0.252. The normalized spacial score (nSPS) is 19.6. The fourth-order valence-corrected chi connectivity index (χ4v) is 4.17. The minimum absolute atomic E-state index is 0.00361. The first-order valence-corrected chi connectivity index (χ1v) is 10.9. The van der Waals surface area contributed by atoms with Crippen molar-refractivity contribution in [1.82, 2.24) is 19.5 Å². The fourth-order valence-electron chi connectivity index (χ4n) is 4.00. The highest BCUT2D eigenvalue weighted by atomic mass is 35.5. The minimum atomic E-state index is -0.574. The molecule has 32 heavy (non-hydrogen) atoms. The van der Waals surface area contributed by atoms with Gasteiger partial charge in [-0.25, -0.2) is 14.4 Å². The third kappa shape index (κ3) is 4.46. The fraction of sp³-hybridized carbons (Fsp3) is 0.429. The SMILES string of the molecule is C[C@@H](CO)Nc1ncc2nc(Nc3cccc(Cl)c3F)n([C@H]3CC[C@@H](C(N)=O)CC3)c2n1. The molecule has 1 amide bonds. The maximum absolute atomic E-state index is 14.6. The van der Waals surface area contributed by atoms with E-state index in [4.69, 9.17) is 17.3 Å². The molecular weight excluding hydrogens is 437 g/mol. The lowest BCUT2D eigenvalue weighted by Crippen LogP contribution is -2.29. The zero-order chi connectivity index (χ0) is 22.8. The van der Waals surface area contributed by atoms with E-state index in [9.17, 15) is 14.3 Å². The van der Waals surface area contributed by atoms with Crippen molar-refractivity contribution in [3.8, 4) is 0 Å². The molecule has 1 atom stereocenters. The van der Waals surface area contributed by atoms with Crippen molar-refractivity contribution in [2.45, 2.75) is 44.7 Å². The summed E-state index contributed by atoms with van der Waals surface area (Å²) in [6.07, 6.45) is 4.29. The van der Waals surface area contributed by atoms with E-state index < -0.39 is 5.82 Å². The molecule has 0 aliphatic heterocycles. The van der Waals surface area contributed by atoms with E-state index in [0.29, 0.717) is 48.7 Å².